The van der Waals surface area contributed by atoms with Gasteiger partial charge in [-0.15, -0.1) is 0 Å². The van der Waals surface area contributed by atoms with Gasteiger partial charge in [-0.25, -0.2) is 0 Å². The first kappa shape index (κ1) is 14.5. The lowest BCUT2D eigenvalue weighted by Gasteiger charge is -2.27. The summed E-state index contributed by atoms with van der Waals surface area (Å²) in [5.41, 5.74) is 8.10. The van der Waals surface area contributed by atoms with Gasteiger partial charge in [0, 0.05) is 24.9 Å². The molecule has 0 heterocycles. The summed E-state index contributed by atoms with van der Waals surface area (Å²) < 4.78 is 5.10. The third-order valence-electron chi connectivity index (χ3n) is 3.07. The number of hydrogen-bond acceptors (Lipinski definition) is 3. The lowest BCUT2D eigenvalue weighted by Crippen LogP contribution is -2.40. The topological polar surface area (TPSA) is 55.6 Å². The molecule has 1 aromatic rings. The largest absolute Gasteiger partial charge is 0.398 e. The maximum Gasteiger partial charge on any atom is 0.254 e. The smallest absolute Gasteiger partial charge is 0.254 e. The number of methoxy groups -OCH3 is 1. The second kappa shape index (κ2) is 6.40. The number of nitrogens with two attached hydrogens (primary N) is 1. The van der Waals surface area contributed by atoms with Gasteiger partial charge < -0.3 is 15.4 Å². The van der Waals surface area contributed by atoms with Crippen molar-refractivity contribution >= 4 is 11.6 Å². The summed E-state index contributed by atoms with van der Waals surface area (Å²) in [6.45, 7) is 7.04. The molecule has 1 amide bonds. The lowest BCUT2D eigenvalue weighted by molar-refractivity contribution is 0.0579. The number of hydrogen-bond donors (Lipinski definition) is 1. The van der Waals surface area contributed by atoms with Crippen molar-refractivity contribution in [2.75, 3.05) is 26.0 Å². The van der Waals surface area contributed by atoms with Crippen LogP contribution in [0.2, 0.25) is 0 Å². The van der Waals surface area contributed by atoms with Crippen molar-refractivity contribution < 1.29 is 9.53 Å². The molecule has 0 radical (unpaired) electrons. The van der Waals surface area contributed by atoms with Crippen molar-refractivity contribution in [1.82, 2.24) is 4.90 Å². The summed E-state index contributed by atoms with van der Waals surface area (Å²) in [6, 6.07) is 5.48. The van der Waals surface area contributed by atoms with Crippen LogP contribution in [0, 0.1) is 6.92 Å². The molecule has 1 aromatic carbocycles. The molecule has 1 unspecified atom stereocenters. The van der Waals surface area contributed by atoms with E-state index < -0.39 is 0 Å². The van der Waals surface area contributed by atoms with Gasteiger partial charge in [0.2, 0.25) is 0 Å². The van der Waals surface area contributed by atoms with Gasteiger partial charge >= 0.3 is 0 Å². The van der Waals surface area contributed by atoms with Gasteiger partial charge in [0.25, 0.3) is 5.91 Å². The summed E-state index contributed by atoms with van der Waals surface area (Å²) in [5, 5.41) is 0. The predicted octanol–water partition coefficient (Wildman–Crippen LogP) is 2.07. The summed E-state index contributed by atoms with van der Waals surface area (Å²) >= 11 is 0. The molecule has 0 aliphatic heterocycles. The standard InChI is InChI=1S/C14H22N2O2/c1-5-16(11(3)9-18-4)14(17)12-7-6-10(2)13(15)8-12/h6-8,11H,5,9,15H2,1-4H3. The zero-order valence-electron chi connectivity index (χ0n) is 11.6. The van der Waals surface area contributed by atoms with Crippen LogP contribution in [0.1, 0.15) is 29.8 Å². The van der Waals surface area contributed by atoms with Crippen LogP contribution in [0.15, 0.2) is 18.2 Å². The third-order valence-corrected chi connectivity index (χ3v) is 3.07. The van der Waals surface area contributed by atoms with Crippen LogP contribution in [-0.4, -0.2) is 37.1 Å². The van der Waals surface area contributed by atoms with E-state index in [0.29, 0.717) is 24.4 Å². The average Bonchev–Trinajstić information content (AvgIpc) is 2.33. The van der Waals surface area contributed by atoms with Crippen LogP contribution < -0.4 is 5.73 Å². The van der Waals surface area contributed by atoms with Gasteiger partial charge in [-0.3, -0.25) is 4.79 Å². The van der Waals surface area contributed by atoms with Crippen LogP contribution in [0.5, 0.6) is 0 Å². The van der Waals surface area contributed by atoms with Gasteiger partial charge in [0.15, 0.2) is 0 Å². The maximum atomic E-state index is 12.4. The number of nitrogens with zero attached hydrogens (tertiary/aromatic N) is 1. The molecule has 0 fully saturated rings. The molecule has 0 aliphatic rings. The Morgan fingerprint density at radius 1 is 1.50 bits per heavy atom. The zero-order chi connectivity index (χ0) is 13.7. The van der Waals surface area contributed by atoms with E-state index in [-0.39, 0.29) is 11.9 Å². The molecule has 18 heavy (non-hydrogen) atoms. The number of ether oxygens (including phenoxy) is 1. The fraction of sp³-hybridized carbons (Fsp3) is 0.500. The minimum atomic E-state index is -0.00579. The van der Waals surface area contributed by atoms with Crippen LogP contribution >= 0.6 is 0 Å². The maximum absolute atomic E-state index is 12.4. The van der Waals surface area contributed by atoms with E-state index in [2.05, 4.69) is 0 Å². The van der Waals surface area contributed by atoms with E-state index in [0.717, 1.165) is 5.56 Å². The Balaban J connectivity index is 2.92. The highest BCUT2D eigenvalue weighted by Crippen LogP contribution is 2.15. The quantitative estimate of drug-likeness (QED) is 0.814. The molecule has 0 aromatic heterocycles. The first-order chi connectivity index (χ1) is 8.51. The summed E-state index contributed by atoms with van der Waals surface area (Å²) in [4.78, 5) is 14.2. The minimum Gasteiger partial charge on any atom is -0.398 e. The van der Waals surface area contributed by atoms with Gasteiger partial charge in [-0.05, 0) is 38.5 Å². The number of benzene rings is 1. The van der Waals surface area contributed by atoms with E-state index in [4.69, 9.17) is 10.5 Å². The first-order valence-electron chi connectivity index (χ1n) is 6.17. The Morgan fingerprint density at radius 3 is 2.67 bits per heavy atom. The number of carbonyl (C=O) groups excluding carboxylic acids is 1. The highest BCUT2D eigenvalue weighted by molar-refractivity contribution is 5.95. The number of nitrogen functional groups attached to an aromatic ring is 1. The molecule has 100 valence electrons. The number of aryl methyl sites for hydroxylation is 1. The SMILES string of the molecule is CCN(C(=O)c1ccc(C)c(N)c1)C(C)COC. The van der Waals surface area contributed by atoms with Crippen molar-refractivity contribution in [3.63, 3.8) is 0 Å². The fourth-order valence-corrected chi connectivity index (χ4v) is 1.93. The summed E-state index contributed by atoms with van der Waals surface area (Å²) in [6.07, 6.45) is 0. The molecule has 4 nitrogen and oxygen atoms in total. The summed E-state index contributed by atoms with van der Waals surface area (Å²) in [5.74, 6) is -0.00579. The van der Waals surface area contributed by atoms with Crippen molar-refractivity contribution in [1.29, 1.82) is 0 Å². The molecular formula is C14H22N2O2. The van der Waals surface area contributed by atoms with Crippen molar-refractivity contribution in [3.8, 4) is 0 Å². The minimum absolute atomic E-state index is 0.00579. The third kappa shape index (κ3) is 3.23. The van der Waals surface area contributed by atoms with E-state index >= 15 is 0 Å². The Bertz CT molecular complexity index is 418. The van der Waals surface area contributed by atoms with Crippen molar-refractivity contribution in [3.05, 3.63) is 29.3 Å². The molecule has 0 saturated heterocycles. The fourth-order valence-electron chi connectivity index (χ4n) is 1.93. The Morgan fingerprint density at radius 2 is 2.17 bits per heavy atom. The molecule has 0 spiro atoms. The van der Waals surface area contributed by atoms with Crippen LogP contribution in [0.25, 0.3) is 0 Å². The first-order valence-corrected chi connectivity index (χ1v) is 6.17. The molecular weight excluding hydrogens is 228 g/mol. The number of rotatable bonds is 5. The van der Waals surface area contributed by atoms with Gasteiger partial charge in [-0.2, -0.15) is 0 Å². The average molecular weight is 250 g/mol. The normalized spacial score (nSPS) is 12.2. The molecule has 4 heteroatoms. The molecule has 1 atom stereocenters. The predicted molar refractivity (Wildman–Crippen MR) is 73.6 cm³/mol. The number of anilines is 1. The van der Waals surface area contributed by atoms with E-state index in [1.807, 2.05) is 32.9 Å². The lowest BCUT2D eigenvalue weighted by atomic mass is 10.1. The van der Waals surface area contributed by atoms with Gasteiger partial charge in [-0.1, -0.05) is 6.07 Å². The number of likely N-dealkylation sites (N-methyl/N-ethyl adjacent to an activating group) is 1. The number of carbonyl (C=O) groups is 1. The molecule has 0 aliphatic carbocycles. The second-order valence-corrected chi connectivity index (χ2v) is 4.47. The highest BCUT2D eigenvalue weighted by atomic mass is 16.5. The van der Waals surface area contributed by atoms with Gasteiger partial charge in [0.1, 0.15) is 0 Å². The summed E-state index contributed by atoms with van der Waals surface area (Å²) in [7, 11) is 1.64. The molecule has 1 rings (SSSR count). The van der Waals surface area contributed by atoms with Crippen LogP contribution in [0.3, 0.4) is 0 Å². The second-order valence-electron chi connectivity index (χ2n) is 4.47. The van der Waals surface area contributed by atoms with Crippen LogP contribution in [-0.2, 0) is 4.74 Å². The van der Waals surface area contributed by atoms with Crippen LogP contribution in [0.4, 0.5) is 5.69 Å². The molecule has 0 saturated carbocycles. The van der Waals surface area contributed by atoms with Crippen molar-refractivity contribution in [2.45, 2.75) is 26.8 Å². The monoisotopic (exact) mass is 250 g/mol. The number of amides is 1. The zero-order valence-corrected chi connectivity index (χ0v) is 11.6. The Labute approximate surface area is 109 Å². The highest BCUT2D eigenvalue weighted by Gasteiger charge is 2.20. The van der Waals surface area contributed by atoms with E-state index in [1.165, 1.54) is 0 Å². The van der Waals surface area contributed by atoms with E-state index in [9.17, 15) is 4.79 Å². The molecule has 2 N–H and O–H groups in total. The van der Waals surface area contributed by atoms with Crippen molar-refractivity contribution in [2.24, 2.45) is 0 Å². The molecule has 0 bridgehead atoms. The van der Waals surface area contributed by atoms with Gasteiger partial charge in [0.05, 0.1) is 12.6 Å². The Kier molecular flexibility index (Phi) is 5.16. The van der Waals surface area contributed by atoms with E-state index in [1.54, 1.807) is 18.1 Å². The Hall–Kier alpha value is -1.55.